The summed E-state index contributed by atoms with van der Waals surface area (Å²) in [5.74, 6) is -2.65. The molecule has 4 nitrogen and oxygen atoms in total. The maximum atomic E-state index is 13.1. The summed E-state index contributed by atoms with van der Waals surface area (Å²) in [6.45, 7) is -0.608. The number of amides is 1. The van der Waals surface area contributed by atoms with E-state index in [9.17, 15) is 14.0 Å². The highest BCUT2D eigenvalue weighted by molar-refractivity contribution is 6.33. The second-order valence-electron chi connectivity index (χ2n) is 2.64. The first-order chi connectivity index (χ1) is 7.02. The van der Waals surface area contributed by atoms with E-state index in [1.807, 2.05) is 0 Å². The number of primary amides is 1. The van der Waals surface area contributed by atoms with Crippen LogP contribution in [0.4, 0.5) is 4.39 Å². The van der Waals surface area contributed by atoms with E-state index < -0.39 is 29.9 Å². The van der Waals surface area contributed by atoms with Crippen molar-refractivity contribution in [2.24, 2.45) is 5.73 Å². The van der Waals surface area contributed by atoms with Crippen LogP contribution in [-0.2, 0) is 9.53 Å². The van der Waals surface area contributed by atoms with Gasteiger partial charge in [0.2, 0.25) is 0 Å². The van der Waals surface area contributed by atoms with Crippen molar-refractivity contribution >= 4 is 23.5 Å². The Morgan fingerprint density at radius 3 is 2.67 bits per heavy atom. The van der Waals surface area contributed by atoms with Crippen molar-refractivity contribution in [1.82, 2.24) is 0 Å². The molecule has 0 radical (unpaired) electrons. The fourth-order valence-electron chi connectivity index (χ4n) is 0.902. The Hall–Kier alpha value is -1.62. The lowest BCUT2D eigenvalue weighted by Crippen LogP contribution is -2.21. The lowest BCUT2D eigenvalue weighted by atomic mass is 10.2. The molecule has 0 unspecified atom stereocenters. The highest BCUT2D eigenvalue weighted by atomic mass is 35.5. The molecule has 0 atom stereocenters. The molecule has 0 aliphatic carbocycles. The molecule has 0 bridgehead atoms. The zero-order valence-corrected chi connectivity index (χ0v) is 8.25. The van der Waals surface area contributed by atoms with Crippen LogP contribution in [0.15, 0.2) is 18.2 Å². The molecule has 0 saturated heterocycles. The van der Waals surface area contributed by atoms with E-state index in [1.54, 1.807) is 0 Å². The summed E-state index contributed by atoms with van der Waals surface area (Å²) in [6, 6.07) is 3.75. The molecule has 0 aromatic heterocycles. The second-order valence-corrected chi connectivity index (χ2v) is 3.05. The maximum absolute atomic E-state index is 13.1. The van der Waals surface area contributed by atoms with Crippen molar-refractivity contribution in [2.75, 3.05) is 6.61 Å². The van der Waals surface area contributed by atoms with Crippen LogP contribution in [0, 0.1) is 5.82 Å². The van der Waals surface area contributed by atoms with Gasteiger partial charge in [-0.25, -0.2) is 9.18 Å². The molecule has 0 saturated carbocycles. The molecule has 15 heavy (non-hydrogen) atoms. The largest absolute Gasteiger partial charge is 0.452 e. The average molecular weight is 232 g/mol. The quantitative estimate of drug-likeness (QED) is 0.793. The van der Waals surface area contributed by atoms with Gasteiger partial charge in [-0.2, -0.15) is 0 Å². The van der Waals surface area contributed by atoms with Crippen molar-refractivity contribution in [3.63, 3.8) is 0 Å². The number of halogens is 2. The average Bonchev–Trinajstić information content (AvgIpc) is 2.14. The molecule has 1 aromatic rings. The van der Waals surface area contributed by atoms with E-state index in [0.717, 1.165) is 6.07 Å². The van der Waals surface area contributed by atoms with E-state index in [4.69, 9.17) is 17.3 Å². The van der Waals surface area contributed by atoms with Gasteiger partial charge in [-0.1, -0.05) is 17.7 Å². The van der Waals surface area contributed by atoms with Gasteiger partial charge in [-0.05, 0) is 12.1 Å². The number of rotatable bonds is 3. The Balaban J connectivity index is 2.86. The van der Waals surface area contributed by atoms with Crippen molar-refractivity contribution in [1.29, 1.82) is 0 Å². The maximum Gasteiger partial charge on any atom is 0.343 e. The number of hydrogen-bond acceptors (Lipinski definition) is 3. The van der Waals surface area contributed by atoms with Crippen LogP contribution in [0.3, 0.4) is 0 Å². The molecule has 80 valence electrons. The van der Waals surface area contributed by atoms with Crippen LogP contribution < -0.4 is 5.73 Å². The summed E-state index contributed by atoms with van der Waals surface area (Å²) < 4.78 is 17.5. The Bertz CT molecular complexity index is 388. The van der Waals surface area contributed by atoms with Gasteiger partial charge in [0.05, 0.1) is 5.02 Å². The molecule has 1 amide bonds. The van der Waals surface area contributed by atoms with Crippen molar-refractivity contribution < 1.29 is 18.7 Å². The molecule has 2 N–H and O–H groups in total. The van der Waals surface area contributed by atoms with Gasteiger partial charge in [-0.15, -0.1) is 0 Å². The minimum atomic E-state index is -1.02. The van der Waals surface area contributed by atoms with Crippen molar-refractivity contribution in [3.05, 3.63) is 34.6 Å². The monoisotopic (exact) mass is 231 g/mol. The molecule has 0 spiro atoms. The van der Waals surface area contributed by atoms with Gasteiger partial charge < -0.3 is 10.5 Å². The van der Waals surface area contributed by atoms with Gasteiger partial charge in [0, 0.05) is 0 Å². The topological polar surface area (TPSA) is 69.4 Å². The van der Waals surface area contributed by atoms with Crippen LogP contribution in [0.5, 0.6) is 0 Å². The van der Waals surface area contributed by atoms with Gasteiger partial charge in [0.1, 0.15) is 11.4 Å². The normalized spacial score (nSPS) is 9.73. The van der Waals surface area contributed by atoms with E-state index >= 15 is 0 Å². The number of ether oxygens (including phenoxy) is 1. The summed E-state index contributed by atoms with van der Waals surface area (Å²) in [4.78, 5) is 21.6. The summed E-state index contributed by atoms with van der Waals surface area (Å²) >= 11 is 5.58. The number of nitrogens with two attached hydrogens (primary N) is 1. The van der Waals surface area contributed by atoms with Crippen molar-refractivity contribution in [2.45, 2.75) is 0 Å². The predicted octanol–water partition coefficient (Wildman–Crippen LogP) is 1.12. The molecule has 0 aliphatic heterocycles. The first kappa shape index (κ1) is 11.5. The Morgan fingerprint density at radius 2 is 2.13 bits per heavy atom. The second kappa shape index (κ2) is 4.75. The number of carbonyl (C=O) groups excluding carboxylic acids is 2. The van der Waals surface area contributed by atoms with Crippen LogP contribution >= 0.6 is 11.6 Å². The van der Waals surface area contributed by atoms with Gasteiger partial charge in [0.15, 0.2) is 6.61 Å². The zero-order chi connectivity index (χ0) is 11.4. The van der Waals surface area contributed by atoms with E-state index in [1.165, 1.54) is 12.1 Å². The molecule has 0 aliphatic rings. The molecule has 0 fully saturated rings. The van der Waals surface area contributed by atoms with Crippen LogP contribution in [0.1, 0.15) is 10.4 Å². The van der Waals surface area contributed by atoms with E-state index in [0.29, 0.717) is 0 Å². The molecule has 6 heteroatoms. The van der Waals surface area contributed by atoms with Crippen LogP contribution in [-0.4, -0.2) is 18.5 Å². The lowest BCUT2D eigenvalue weighted by molar-refractivity contribution is -0.121. The molecular weight excluding hydrogens is 225 g/mol. The first-order valence-corrected chi connectivity index (χ1v) is 4.29. The molecular formula is C9H7ClFNO3. The number of esters is 1. The highest BCUT2D eigenvalue weighted by Gasteiger charge is 2.17. The third kappa shape index (κ3) is 2.92. The zero-order valence-electron chi connectivity index (χ0n) is 7.50. The Labute approximate surface area is 89.8 Å². The summed E-state index contributed by atoms with van der Waals surface area (Å²) in [7, 11) is 0. The third-order valence-electron chi connectivity index (χ3n) is 1.51. The van der Waals surface area contributed by atoms with Gasteiger partial charge in [-0.3, -0.25) is 4.79 Å². The first-order valence-electron chi connectivity index (χ1n) is 3.92. The number of hydrogen-bond donors (Lipinski definition) is 1. The number of carbonyl (C=O) groups is 2. The summed E-state index contributed by atoms with van der Waals surface area (Å²) in [5, 5.41) is -0.0792. The Morgan fingerprint density at radius 1 is 1.47 bits per heavy atom. The van der Waals surface area contributed by atoms with Crippen LogP contribution in [0.25, 0.3) is 0 Å². The lowest BCUT2D eigenvalue weighted by Gasteiger charge is -2.04. The fraction of sp³-hybridized carbons (Fsp3) is 0.111. The predicted molar refractivity (Wildman–Crippen MR) is 50.9 cm³/mol. The van der Waals surface area contributed by atoms with Gasteiger partial charge >= 0.3 is 5.97 Å². The van der Waals surface area contributed by atoms with E-state index in [2.05, 4.69) is 4.74 Å². The molecule has 1 aromatic carbocycles. The molecule has 1 rings (SSSR count). The molecule has 0 heterocycles. The SMILES string of the molecule is NC(=O)COC(=O)c1c(F)cccc1Cl. The summed E-state index contributed by atoms with van der Waals surface area (Å²) in [6.07, 6.45) is 0. The van der Waals surface area contributed by atoms with E-state index in [-0.39, 0.29) is 5.02 Å². The minimum absolute atomic E-state index is 0.0792. The smallest absolute Gasteiger partial charge is 0.343 e. The number of benzene rings is 1. The standard InChI is InChI=1S/C9H7ClFNO3/c10-5-2-1-3-6(11)8(5)9(14)15-4-7(12)13/h1-3H,4H2,(H2,12,13). The minimum Gasteiger partial charge on any atom is -0.452 e. The van der Waals surface area contributed by atoms with Gasteiger partial charge in [0.25, 0.3) is 5.91 Å². The summed E-state index contributed by atoms with van der Waals surface area (Å²) in [5.41, 5.74) is 4.35. The third-order valence-corrected chi connectivity index (χ3v) is 1.83. The Kier molecular flexibility index (Phi) is 3.62. The van der Waals surface area contributed by atoms with Crippen LogP contribution in [0.2, 0.25) is 5.02 Å². The fourth-order valence-corrected chi connectivity index (χ4v) is 1.14. The highest BCUT2D eigenvalue weighted by Crippen LogP contribution is 2.19. The van der Waals surface area contributed by atoms with Crippen molar-refractivity contribution in [3.8, 4) is 0 Å².